The fourth-order valence-corrected chi connectivity index (χ4v) is 0.450. The molecule has 10 heavy (non-hydrogen) atoms. The Labute approximate surface area is 79.0 Å². The van der Waals surface area contributed by atoms with Crippen molar-refractivity contribution >= 4 is 23.9 Å². The minimum atomic E-state index is -0.437. The van der Waals surface area contributed by atoms with Gasteiger partial charge >= 0.3 is 23.9 Å². The van der Waals surface area contributed by atoms with Gasteiger partial charge in [-0.15, -0.1) is 11.5 Å². The summed E-state index contributed by atoms with van der Waals surface area (Å²) in [6, 6.07) is 5.60. The monoisotopic (exact) mass is 246 g/mol. The van der Waals surface area contributed by atoms with Crippen LogP contribution < -0.4 is 10.2 Å². The Morgan fingerprint density at radius 2 is 1.30 bits per heavy atom. The van der Waals surface area contributed by atoms with Crippen molar-refractivity contribution in [1.29, 1.82) is 0 Å². The van der Waals surface area contributed by atoms with E-state index in [0.717, 1.165) is 0 Å². The van der Waals surface area contributed by atoms with Crippen LogP contribution in [-0.2, 0) is 0 Å². The molecule has 0 aromatic heterocycles. The Morgan fingerprint density at radius 1 is 1.00 bits per heavy atom. The van der Waals surface area contributed by atoms with E-state index in [2.05, 4.69) is 0 Å². The van der Waals surface area contributed by atoms with Gasteiger partial charge in [-0.2, -0.15) is 0 Å². The molecule has 2 nitrogen and oxygen atoms in total. The van der Waals surface area contributed by atoms with Gasteiger partial charge in [0.15, 0.2) is 0 Å². The largest absolute Gasteiger partial charge is 2.00 e. The van der Waals surface area contributed by atoms with E-state index in [-0.39, 0.29) is 32.8 Å². The van der Waals surface area contributed by atoms with E-state index < -0.39 is 11.5 Å². The second-order valence-electron chi connectivity index (χ2n) is 1.45. The molecule has 0 bridgehead atoms. The van der Waals surface area contributed by atoms with Gasteiger partial charge in [-0.1, -0.05) is 31.7 Å². The zero-order chi connectivity index (χ0) is 5.98. The summed E-state index contributed by atoms with van der Waals surface area (Å²) in [5.74, 6) is -0.875. The van der Waals surface area contributed by atoms with Crippen molar-refractivity contribution in [2.75, 3.05) is 0 Å². The fourth-order valence-electron chi connectivity index (χ4n) is 0.450. The second-order valence-corrected chi connectivity index (χ2v) is 1.45. The molecule has 0 atom stereocenters. The summed E-state index contributed by atoms with van der Waals surface area (Å²) in [5.41, 5.74) is 0. The molecule has 0 aliphatic carbocycles. The summed E-state index contributed by atoms with van der Waals surface area (Å²) in [4.78, 5) is 0. The molecule has 1 aromatic carbocycles. The van der Waals surface area contributed by atoms with E-state index in [0.29, 0.717) is 0 Å². The molecule has 0 N–H and O–H groups in total. The molecule has 1 rings (SSSR count). The van der Waals surface area contributed by atoms with Crippen LogP contribution in [0.25, 0.3) is 0 Å². The van der Waals surface area contributed by atoms with Crippen LogP contribution in [0.5, 0.6) is 11.5 Å². The average molecular weight is 245 g/mol. The second kappa shape index (κ2) is 5.41. The number of benzene rings is 1. The Balaban J connectivity index is -0.000000213. The van der Waals surface area contributed by atoms with Crippen LogP contribution in [-0.4, -0.2) is 23.9 Å². The standard InChI is InChI=1S/C6H6O2.CH4.Sn.H2/c7-5-3-1-2-4-6(5)8;;;/h1-4,7-8H;1H4;;1H/q;;+2;/p-2. The van der Waals surface area contributed by atoms with E-state index in [4.69, 9.17) is 0 Å². The molecule has 1 aromatic rings. The normalized spacial score (nSPS) is 7.20. The summed E-state index contributed by atoms with van der Waals surface area (Å²) < 4.78 is 0. The molecule has 0 spiro atoms. The third-order valence-corrected chi connectivity index (χ3v) is 0.849. The number of rotatable bonds is 0. The predicted octanol–water partition coefficient (Wildman–Crippen LogP) is 0.335. The van der Waals surface area contributed by atoms with E-state index in [1.54, 1.807) is 12.1 Å². The Hall–Kier alpha value is -0.381. The van der Waals surface area contributed by atoms with Crippen LogP contribution >= 0.6 is 0 Å². The first kappa shape index (κ1) is 12.3. The molecule has 3 heteroatoms. The van der Waals surface area contributed by atoms with Gasteiger partial charge in [0.05, 0.1) is 0 Å². The minimum Gasteiger partial charge on any atom is -0.873 e. The van der Waals surface area contributed by atoms with Crippen molar-refractivity contribution < 1.29 is 11.6 Å². The van der Waals surface area contributed by atoms with Gasteiger partial charge in [0.25, 0.3) is 0 Å². The molecule has 0 fully saturated rings. The molecular formula is C7H10O2Sn. The van der Waals surface area contributed by atoms with Gasteiger partial charge in [-0.3, -0.25) is 0 Å². The van der Waals surface area contributed by atoms with Crippen LogP contribution in [0.4, 0.5) is 0 Å². The Morgan fingerprint density at radius 3 is 1.50 bits per heavy atom. The minimum absolute atomic E-state index is 0. The van der Waals surface area contributed by atoms with Gasteiger partial charge in [-0.25, -0.2) is 0 Å². The summed E-state index contributed by atoms with van der Waals surface area (Å²) in [5, 5.41) is 20.6. The zero-order valence-electron chi connectivity index (χ0n) is 4.63. The molecule has 0 saturated carbocycles. The fraction of sp³-hybridized carbons (Fsp3) is 0.143. The maximum absolute atomic E-state index is 10.3. The van der Waals surface area contributed by atoms with Crippen LogP contribution in [0, 0.1) is 0 Å². The van der Waals surface area contributed by atoms with Crippen molar-refractivity contribution in [3.05, 3.63) is 24.3 Å². The van der Waals surface area contributed by atoms with Crippen molar-refractivity contribution in [1.82, 2.24) is 0 Å². The molecular weight excluding hydrogens is 235 g/mol. The summed E-state index contributed by atoms with van der Waals surface area (Å²) in [6.07, 6.45) is 0. The van der Waals surface area contributed by atoms with Gasteiger partial charge in [0.2, 0.25) is 0 Å². The predicted molar refractivity (Wildman–Crippen MR) is 39.9 cm³/mol. The molecule has 2 radical (unpaired) electrons. The SMILES string of the molecule is C.[HH].[O-]c1ccccc1[O-].[Sn+2]. The topological polar surface area (TPSA) is 46.1 Å². The first-order valence-electron chi connectivity index (χ1n) is 2.24. The maximum atomic E-state index is 10.3. The number of para-hydroxylation sites is 2. The third-order valence-electron chi connectivity index (χ3n) is 0.849. The van der Waals surface area contributed by atoms with Crippen LogP contribution in [0.3, 0.4) is 0 Å². The first-order chi connectivity index (χ1) is 3.80. The van der Waals surface area contributed by atoms with Gasteiger partial charge in [0.1, 0.15) is 0 Å². The van der Waals surface area contributed by atoms with Crippen molar-refractivity contribution in [3.8, 4) is 11.5 Å². The van der Waals surface area contributed by atoms with Crippen LogP contribution in [0.1, 0.15) is 8.85 Å². The zero-order valence-corrected chi connectivity index (χ0v) is 7.48. The number of hydrogen-bond donors (Lipinski definition) is 0. The smallest absolute Gasteiger partial charge is 0.873 e. The van der Waals surface area contributed by atoms with Crippen molar-refractivity contribution in [3.63, 3.8) is 0 Å². The Bertz CT molecular complexity index is 173. The van der Waals surface area contributed by atoms with E-state index in [1.165, 1.54) is 12.1 Å². The molecule has 54 valence electrons. The molecule has 0 saturated heterocycles. The van der Waals surface area contributed by atoms with E-state index in [9.17, 15) is 10.2 Å². The van der Waals surface area contributed by atoms with Gasteiger partial charge in [-0.05, 0) is 0 Å². The Kier molecular flexibility index (Phi) is 6.66. The molecule has 0 heterocycles. The van der Waals surface area contributed by atoms with Gasteiger partial charge < -0.3 is 10.2 Å². The molecule has 0 aliphatic heterocycles. The molecule has 0 unspecified atom stereocenters. The molecule has 0 amide bonds. The maximum Gasteiger partial charge on any atom is 2.00 e. The summed E-state index contributed by atoms with van der Waals surface area (Å²) >= 11 is 0. The summed E-state index contributed by atoms with van der Waals surface area (Å²) in [6.45, 7) is 0. The molecule has 0 aliphatic rings. The summed E-state index contributed by atoms with van der Waals surface area (Å²) in [7, 11) is 0. The van der Waals surface area contributed by atoms with Crippen LogP contribution in [0.2, 0.25) is 0 Å². The number of hydrogen-bond acceptors (Lipinski definition) is 2. The van der Waals surface area contributed by atoms with Crippen molar-refractivity contribution in [2.45, 2.75) is 7.43 Å². The quantitative estimate of drug-likeness (QED) is 0.618. The third kappa shape index (κ3) is 2.96. The van der Waals surface area contributed by atoms with E-state index in [1.807, 2.05) is 0 Å². The first-order valence-corrected chi connectivity index (χ1v) is 2.24. The average Bonchev–Trinajstić information content (AvgIpc) is 1.77. The van der Waals surface area contributed by atoms with Crippen LogP contribution in [0.15, 0.2) is 24.3 Å². The van der Waals surface area contributed by atoms with Crippen molar-refractivity contribution in [2.24, 2.45) is 0 Å². The van der Waals surface area contributed by atoms with Gasteiger partial charge in [0, 0.05) is 1.43 Å². The van der Waals surface area contributed by atoms with E-state index >= 15 is 0 Å².